The first-order valence-electron chi connectivity index (χ1n) is 7.42. The van der Waals surface area contributed by atoms with Gasteiger partial charge in [-0.15, -0.1) is 6.58 Å². The molecule has 0 radical (unpaired) electrons. The third-order valence-corrected chi connectivity index (χ3v) is 5.53. The molecule has 0 unspecified atom stereocenters. The van der Waals surface area contributed by atoms with Gasteiger partial charge < -0.3 is 4.90 Å². The van der Waals surface area contributed by atoms with Gasteiger partial charge in [0, 0.05) is 19.6 Å². The van der Waals surface area contributed by atoms with Crippen molar-refractivity contribution in [2.75, 3.05) is 24.5 Å². The Bertz CT molecular complexity index is 753. The van der Waals surface area contributed by atoms with Crippen molar-refractivity contribution in [3.63, 3.8) is 0 Å². The van der Waals surface area contributed by atoms with E-state index in [9.17, 15) is 9.59 Å². The molecule has 1 aromatic heterocycles. The zero-order valence-electron chi connectivity index (χ0n) is 12.7. The molecule has 126 valence electrons. The number of nitrogens with one attached hydrogen (secondary N) is 1. The van der Waals surface area contributed by atoms with Gasteiger partial charge in [0.2, 0.25) is 0 Å². The molecule has 0 spiro atoms. The highest BCUT2D eigenvalue weighted by Crippen LogP contribution is 2.33. The third kappa shape index (κ3) is 3.22. The number of hydrogen-bond acceptors (Lipinski definition) is 6. The fraction of sp³-hybridized carbons (Fsp3) is 0.333. The number of hydrogen-bond donors (Lipinski definition) is 1. The maximum absolute atomic E-state index is 12.5. The maximum Gasteiger partial charge on any atom is 0.265 e. The minimum Gasteiger partial charge on any atom is -0.348 e. The number of anilines is 1. The Labute approximate surface area is 153 Å². The molecule has 0 atom stereocenters. The van der Waals surface area contributed by atoms with Gasteiger partial charge >= 0.3 is 0 Å². The molecule has 9 heteroatoms. The van der Waals surface area contributed by atoms with Crippen LogP contribution in [0.5, 0.6) is 0 Å². The molecule has 2 aliphatic heterocycles. The third-order valence-electron chi connectivity index (χ3n) is 3.75. The zero-order chi connectivity index (χ0) is 17.3. The zero-order valence-corrected chi connectivity index (χ0v) is 15.1. The van der Waals surface area contributed by atoms with Crippen LogP contribution in [0.25, 0.3) is 6.08 Å². The van der Waals surface area contributed by atoms with E-state index >= 15 is 0 Å². The summed E-state index contributed by atoms with van der Waals surface area (Å²) >= 11 is 12.6. The second-order valence-electron chi connectivity index (χ2n) is 5.37. The molecule has 2 saturated heterocycles. The number of thiazole rings is 1. The fourth-order valence-electron chi connectivity index (χ4n) is 2.56. The minimum absolute atomic E-state index is 0.0102. The van der Waals surface area contributed by atoms with E-state index in [-0.39, 0.29) is 17.2 Å². The van der Waals surface area contributed by atoms with Gasteiger partial charge in [0.15, 0.2) is 10.2 Å². The lowest BCUT2D eigenvalue weighted by atomic mass is 10.1. The second kappa shape index (κ2) is 7.00. The van der Waals surface area contributed by atoms with Crippen LogP contribution in [-0.4, -0.2) is 46.4 Å². The van der Waals surface area contributed by atoms with Crippen molar-refractivity contribution in [3.8, 4) is 0 Å². The van der Waals surface area contributed by atoms with Crippen molar-refractivity contribution in [3.05, 3.63) is 28.3 Å². The van der Waals surface area contributed by atoms with Crippen LogP contribution < -0.4 is 10.2 Å². The number of rotatable bonds is 4. The van der Waals surface area contributed by atoms with Crippen molar-refractivity contribution >= 4 is 63.3 Å². The Balaban J connectivity index is 1.91. The highest BCUT2D eigenvalue weighted by Gasteiger charge is 2.33. The summed E-state index contributed by atoms with van der Waals surface area (Å²) in [7, 11) is 0. The number of halogens is 1. The fourth-order valence-corrected chi connectivity index (χ4v) is 4.06. The van der Waals surface area contributed by atoms with Crippen LogP contribution in [0, 0.1) is 0 Å². The molecule has 0 aromatic carbocycles. The SMILES string of the molecule is C=CCN1C(=O)C(=Cc2sc(N3CCCC3)nc2Cl)C(=O)NC1=S. The Morgan fingerprint density at radius 3 is 2.75 bits per heavy atom. The summed E-state index contributed by atoms with van der Waals surface area (Å²) in [5, 5.41) is 3.69. The van der Waals surface area contributed by atoms with Crippen molar-refractivity contribution in [2.45, 2.75) is 12.8 Å². The van der Waals surface area contributed by atoms with Gasteiger partial charge in [-0.2, -0.15) is 0 Å². The van der Waals surface area contributed by atoms with Gasteiger partial charge in [-0.05, 0) is 31.1 Å². The lowest BCUT2D eigenvalue weighted by Gasteiger charge is -2.27. The lowest BCUT2D eigenvalue weighted by molar-refractivity contribution is -0.128. The first-order chi connectivity index (χ1) is 11.5. The minimum atomic E-state index is -0.530. The van der Waals surface area contributed by atoms with Gasteiger partial charge in [0.25, 0.3) is 11.8 Å². The Morgan fingerprint density at radius 1 is 1.38 bits per heavy atom. The predicted octanol–water partition coefficient (Wildman–Crippen LogP) is 2.21. The van der Waals surface area contributed by atoms with E-state index in [1.54, 1.807) is 6.08 Å². The molecule has 0 bridgehead atoms. The molecule has 1 N–H and O–H groups in total. The molecule has 6 nitrogen and oxygen atoms in total. The molecule has 2 aliphatic rings. The summed E-state index contributed by atoms with van der Waals surface area (Å²) < 4.78 is 0. The van der Waals surface area contributed by atoms with Crippen molar-refractivity contribution in [1.82, 2.24) is 15.2 Å². The van der Waals surface area contributed by atoms with Gasteiger partial charge in [0.1, 0.15) is 10.7 Å². The number of amides is 2. The molecular weight excluding hydrogens is 368 g/mol. The molecule has 1 aromatic rings. The van der Waals surface area contributed by atoms with E-state index in [1.165, 1.54) is 22.3 Å². The van der Waals surface area contributed by atoms with Crippen LogP contribution in [0.4, 0.5) is 5.13 Å². The first-order valence-corrected chi connectivity index (χ1v) is 9.02. The van der Waals surface area contributed by atoms with Crippen LogP contribution in [0.15, 0.2) is 18.2 Å². The van der Waals surface area contributed by atoms with E-state index in [0.717, 1.165) is 31.1 Å². The highest BCUT2D eigenvalue weighted by molar-refractivity contribution is 7.80. The number of carbonyl (C=O) groups excluding carboxylic acids is 2. The van der Waals surface area contributed by atoms with Crippen molar-refractivity contribution < 1.29 is 9.59 Å². The van der Waals surface area contributed by atoms with Crippen LogP contribution >= 0.6 is 35.2 Å². The van der Waals surface area contributed by atoms with Crippen LogP contribution in [0.2, 0.25) is 5.15 Å². The molecule has 24 heavy (non-hydrogen) atoms. The molecule has 0 saturated carbocycles. The Kier molecular flexibility index (Phi) is 4.98. The molecule has 0 aliphatic carbocycles. The largest absolute Gasteiger partial charge is 0.348 e. The van der Waals surface area contributed by atoms with Crippen molar-refractivity contribution in [2.24, 2.45) is 0 Å². The predicted molar refractivity (Wildman–Crippen MR) is 99.2 cm³/mol. The summed E-state index contributed by atoms with van der Waals surface area (Å²) in [5.41, 5.74) is -0.0102. The van der Waals surface area contributed by atoms with Gasteiger partial charge in [0.05, 0.1) is 4.88 Å². The normalized spacial score (nSPS) is 20.0. The maximum atomic E-state index is 12.5. The van der Waals surface area contributed by atoms with Gasteiger partial charge in [-0.3, -0.25) is 19.8 Å². The smallest absolute Gasteiger partial charge is 0.265 e. The summed E-state index contributed by atoms with van der Waals surface area (Å²) in [6, 6.07) is 0. The molecule has 3 rings (SSSR count). The summed E-state index contributed by atoms with van der Waals surface area (Å²) in [4.78, 5) is 33.0. The van der Waals surface area contributed by atoms with Crippen LogP contribution in [-0.2, 0) is 9.59 Å². The molecule has 2 fully saturated rings. The Hall–Kier alpha value is -1.77. The first kappa shape index (κ1) is 17.1. The van der Waals surface area contributed by atoms with E-state index in [4.69, 9.17) is 23.8 Å². The molecule has 2 amide bonds. The molecule has 3 heterocycles. The lowest BCUT2D eigenvalue weighted by Crippen LogP contribution is -2.53. The quantitative estimate of drug-likeness (QED) is 0.374. The van der Waals surface area contributed by atoms with Crippen molar-refractivity contribution in [1.29, 1.82) is 0 Å². The average Bonchev–Trinajstić information content (AvgIpc) is 3.18. The second-order valence-corrected chi connectivity index (χ2v) is 7.12. The van der Waals surface area contributed by atoms with E-state index in [1.807, 2.05) is 0 Å². The standard InChI is InChI=1S/C15H15ClN4O2S2/c1-2-5-20-13(22)9(12(21)18-14(20)23)8-10-11(16)17-15(24-10)19-6-3-4-7-19/h2,8H,1,3-7H2,(H,18,21,23). The van der Waals surface area contributed by atoms with Gasteiger partial charge in [-0.1, -0.05) is 29.0 Å². The van der Waals surface area contributed by atoms with Crippen LogP contribution in [0.3, 0.4) is 0 Å². The Morgan fingerprint density at radius 2 is 2.08 bits per heavy atom. The number of thiocarbonyl (C=S) groups is 1. The number of carbonyl (C=O) groups is 2. The van der Waals surface area contributed by atoms with Gasteiger partial charge in [-0.25, -0.2) is 4.98 Å². The topological polar surface area (TPSA) is 65.5 Å². The van der Waals surface area contributed by atoms with E-state index < -0.39 is 11.8 Å². The highest BCUT2D eigenvalue weighted by atomic mass is 35.5. The van der Waals surface area contributed by atoms with E-state index in [0.29, 0.717) is 10.0 Å². The number of nitrogens with zero attached hydrogens (tertiary/aromatic N) is 3. The summed E-state index contributed by atoms with van der Waals surface area (Å²) in [6.45, 7) is 5.71. The van der Waals surface area contributed by atoms with Crippen LogP contribution in [0.1, 0.15) is 17.7 Å². The summed E-state index contributed by atoms with van der Waals surface area (Å²) in [5.74, 6) is -0.992. The van der Waals surface area contributed by atoms with E-state index in [2.05, 4.69) is 21.8 Å². The monoisotopic (exact) mass is 382 g/mol. The average molecular weight is 383 g/mol. The summed E-state index contributed by atoms with van der Waals surface area (Å²) in [6.07, 6.45) is 5.28. The number of aromatic nitrogens is 1. The molecular formula is C15H15ClN4O2S2.